The molecule has 176 valence electrons. The minimum absolute atomic E-state index is 0.0352. The standard InChI is InChI=1S/C27H29N3O4/c1-17(34-2)24(28)16-30(26(31)23-15-22(23)25-5-3-4-14-29-25)21-12-10-19(11-13-21)18-6-8-20(9-7-18)27(32)33/h3-14,17,22-24H,15-16,28H2,1-2H3,(H,32,33)/t17-,22-,23-,24-/m1/s1. The van der Waals surface area contributed by atoms with Crippen molar-refractivity contribution < 1.29 is 19.4 Å². The summed E-state index contributed by atoms with van der Waals surface area (Å²) in [7, 11) is 1.61. The number of nitrogens with zero attached hydrogens (tertiary/aromatic N) is 2. The van der Waals surface area contributed by atoms with Gasteiger partial charge in [-0.2, -0.15) is 0 Å². The Bertz CT molecular complexity index is 1130. The topological polar surface area (TPSA) is 106 Å². The van der Waals surface area contributed by atoms with E-state index < -0.39 is 5.97 Å². The maximum atomic E-state index is 13.5. The van der Waals surface area contributed by atoms with Gasteiger partial charge in [-0.05, 0) is 60.9 Å². The van der Waals surface area contributed by atoms with E-state index in [9.17, 15) is 9.59 Å². The maximum absolute atomic E-state index is 13.5. The molecule has 1 aliphatic rings. The van der Waals surface area contributed by atoms with Crippen molar-refractivity contribution in [1.29, 1.82) is 0 Å². The number of methoxy groups -OCH3 is 1. The number of benzene rings is 2. The smallest absolute Gasteiger partial charge is 0.335 e. The van der Waals surface area contributed by atoms with Crippen molar-refractivity contribution in [2.24, 2.45) is 11.7 Å². The molecule has 0 spiro atoms. The average Bonchev–Trinajstić information content (AvgIpc) is 3.68. The molecule has 0 saturated heterocycles. The number of hydrogen-bond acceptors (Lipinski definition) is 5. The summed E-state index contributed by atoms with van der Waals surface area (Å²) in [5.41, 5.74) is 10.1. The van der Waals surface area contributed by atoms with Crippen LogP contribution in [0.25, 0.3) is 11.1 Å². The van der Waals surface area contributed by atoms with Crippen LogP contribution < -0.4 is 10.6 Å². The van der Waals surface area contributed by atoms with Crippen LogP contribution in [-0.2, 0) is 9.53 Å². The lowest BCUT2D eigenvalue weighted by Gasteiger charge is -2.29. The molecule has 1 fully saturated rings. The second kappa shape index (κ2) is 10.2. The van der Waals surface area contributed by atoms with Crippen molar-refractivity contribution in [3.05, 3.63) is 84.2 Å². The lowest BCUT2D eigenvalue weighted by Crippen LogP contribution is -2.47. The molecule has 1 amide bonds. The number of hydrogen-bond donors (Lipinski definition) is 2. The molecule has 3 aromatic rings. The predicted molar refractivity (Wildman–Crippen MR) is 131 cm³/mol. The highest BCUT2D eigenvalue weighted by atomic mass is 16.5. The van der Waals surface area contributed by atoms with Crippen LogP contribution in [0.2, 0.25) is 0 Å². The Morgan fingerprint density at radius 1 is 1.09 bits per heavy atom. The first-order valence-corrected chi connectivity index (χ1v) is 11.3. The molecule has 4 atom stereocenters. The number of aromatic carboxylic acids is 1. The monoisotopic (exact) mass is 459 g/mol. The minimum atomic E-state index is -0.957. The number of carboxylic acids is 1. The third kappa shape index (κ3) is 5.16. The second-order valence-electron chi connectivity index (χ2n) is 8.69. The van der Waals surface area contributed by atoms with E-state index in [1.807, 2.05) is 49.4 Å². The molecular weight excluding hydrogens is 430 g/mol. The highest BCUT2D eigenvalue weighted by Crippen LogP contribution is 2.48. The second-order valence-corrected chi connectivity index (χ2v) is 8.69. The van der Waals surface area contributed by atoms with Gasteiger partial charge in [-0.25, -0.2) is 4.79 Å². The number of pyridine rings is 1. The van der Waals surface area contributed by atoms with Gasteiger partial charge in [0.25, 0.3) is 0 Å². The van der Waals surface area contributed by atoms with Gasteiger partial charge in [-0.1, -0.05) is 30.3 Å². The van der Waals surface area contributed by atoms with Crippen LogP contribution >= 0.6 is 0 Å². The Kier molecular flexibility index (Phi) is 7.05. The molecule has 7 nitrogen and oxygen atoms in total. The van der Waals surface area contributed by atoms with Gasteiger partial charge >= 0.3 is 5.97 Å². The number of amides is 1. The molecule has 1 aromatic heterocycles. The highest BCUT2D eigenvalue weighted by Gasteiger charge is 2.47. The number of carboxylic acid groups (broad SMARTS) is 1. The maximum Gasteiger partial charge on any atom is 0.335 e. The number of carbonyl (C=O) groups is 2. The van der Waals surface area contributed by atoms with Crippen LogP contribution in [0.1, 0.15) is 35.3 Å². The number of ether oxygens (including phenoxy) is 1. The Labute approximate surface area is 199 Å². The summed E-state index contributed by atoms with van der Waals surface area (Å²) in [6, 6.07) is 19.8. The van der Waals surface area contributed by atoms with E-state index in [1.165, 1.54) is 0 Å². The summed E-state index contributed by atoms with van der Waals surface area (Å²) in [6.45, 7) is 2.23. The van der Waals surface area contributed by atoms with Crippen LogP contribution in [0.5, 0.6) is 0 Å². The number of nitrogens with two attached hydrogens (primary N) is 1. The molecule has 7 heteroatoms. The first-order chi connectivity index (χ1) is 16.4. The lowest BCUT2D eigenvalue weighted by molar-refractivity contribution is -0.120. The lowest BCUT2D eigenvalue weighted by atomic mass is 10.0. The van der Waals surface area contributed by atoms with Gasteiger partial charge in [0.15, 0.2) is 0 Å². The first kappa shape index (κ1) is 23.6. The van der Waals surface area contributed by atoms with Crippen LogP contribution in [-0.4, -0.2) is 47.8 Å². The van der Waals surface area contributed by atoms with E-state index in [0.717, 1.165) is 28.9 Å². The Balaban J connectivity index is 1.56. The van der Waals surface area contributed by atoms with Crippen molar-refractivity contribution in [1.82, 2.24) is 4.98 Å². The van der Waals surface area contributed by atoms with E-state index in [-0.39, 0.29) is 35.5 Å². The molecule has 0 radical (unpaired) electrons. The average molecular weight is 460 g/mol. The van der Waals surface area contributed by atoms with Crippen LogP contribution in [0.3, 0.4) is 0 Å². The molecule has 1 saturated carbocycles. The number of anilines is 1. The summed E-state index contributed by atoms with van der Waals surface area (Å²) in [6.07, 6.45) is 2.33. The van der Waals surface area contributed by atoms with E-state index in [1.54, 1.807) is 42.5 Å². The Hall–Kier alpha value is -3.55. The number of rotatable bonds is 9. The molecule has 0 unspecified atom stereocenters. The van der Waals surface area contributed by atoms with Crippen molar-refractivity contribution >= 4 is 17.6 Å². The van der Waals surface area contributed by atoms with Crippen molar-refractivity contribution in [3.8, 4) is 11.1 Å². The van der Waals surface area contributed by atoms with Gasteiger partial charge in [-0.15, -0.1) is 0 Å². The van der Waals surface area contributed by atoms with Gasteiger partial charge in [0, 0.05) is 49.1 Å². The molecular formula is C27H29N3O4. The van der Waals surface area contributed by atoms with E-state index >= 15 is 0 Å². The summed E-state index contributed by atoms with van der Waals surface area (Å²) in [5, 5.41) is 9.11. The van der Waals surface area contributed by atoms with Gasteiger partial charge in [-0.3, -0.25) is 9.78 Å². The molecule has 0 bridgehead atoms. The van der Waals surface area contributed by atoms with Gasteiger partial charge in [0.1, 0.15) is 0 Å². The van der Waals surface area contributed by atoms with Gasteiger partial charge in [0.2, 0.25) is 5.91 Å². The van der Waals surface area contributed by atoms with Crippen molar-refractivity contribution in [3.63, 3.8) is 0 Å². The zero-order valence-corrected chi connectivity index (χ0v) is 19.3. The third-order valence-electron chi connectivity index (χ3n) is 6.45. The van der Waals surface area contributed by atoms with Crippen molar-refractivity contribution in [2.45, 2.75) is 31.4 Å². The largest absolute Gasteiger partial charge is 0.478 e. The fourth-order valence-electron chi connectivity index (χ4n) is 4.09. The van der Waals surface area contributed by atoms with Crippen molar-refractivity contribution in [2.75, 3.05) is 18.6 Å². The van der Waals surface area contributed by atoms with Gasteiger partial charge in [0.05, 0.1) is 11.7 Å². The molecule has 0 aliphatic heterocycles. The quantitative estimate of drug-likeness (QED) is 0.502. The Morgan fingerprint density at radius 2 is 1.74 bits per heavy atom. The summed E-state index contributed by atoms with van der Waals surface area (Å²) in [4.78, 5) is 30.8. The summed E-state index contributed by atoms with van der Waals surface area (Å²) in [5.74, 6) is -0.919. The van der Waals surface area contributed by atoms with Crippen LogP contribution in [0, 0.1) is 5.92 Å². The van der Waals surface area contributed by atoms with E-state index in [2.05, 4.69) is 4.98 Å². The number of aromatic nitrogens is 1. The molecule has 1 heterocycles. The minimum Gasteiger partial charge on any atom is -0.478 e. The number of carbonyl (C=O) groups excluding carboxylic acids is 1. The zero-order chi connectivity index (χ0) is 24.2. The first-order valence-electron chi connectivity index (χ1n) is 11.3. The Morgan fingerprint density at radius 3 is 2.29 bits per heavy atom. The van der Waals surface area contributed by atoms with Gasteiger partial charge < -0.3 is 20.5 Å². The summed E-state index contributed by atoms with van der Waals surface area (Å²) < 4.78 is 5.38. The fourth-order valence-corrected chi connectivity index (χ4v) is 4.09. The summed E-state index contributed by atoms with van der Waals surface area (Å²) >= 11 is 0. The molecule has 3 N–H and O–H groups in total. The highest BCUT2D eigenvalue weighted by molar-refractivity contribution is 5.97. The molecule has 1 aliphatic carbocycles. The zero-order valence-electron chi connectivity index (χ0n) is 19.3. The van der Waals surface area contributed by atoms with E-state index in [4.69, 9.17) is 15.6 Å². The predicted octanol–water partition coefficient (Wildman–Crippen LogP) is 3.95. The third-order valence-corrected chi connectivity index (χ3v) is 6.45. The molecule has 34 heavy (non-hydrogen) atoms. The van der Waals surface area contributed by atoms with E-state index in [0.29, 0.717) is 6.54 Å². The van der Waals surface area contributed by atoms with Crippen LogP contribution in [0.4, 0.5) is 5.69 Å². The molecule has 4 rings (SSSR count). The van der Waals surface area contributed by atoms with Crippen LogP contribution in [0.15, 0.2) is 72.9 Å². The SMILES string of the molecule is CO[C@H](C)[C@H](N)CN(C(=O)[C@@H]1C[C@H]1c1ccccn1)c1ccc(-c2ccc(C(=O)O)cc2)cc1. The normalized spacial score (nSPS) is 18.7. The molecule has 2 aromatic carbocycles. The fraction of sp³-hybridized carbons (Fsp3) is 0.296.